The van der Waals surface area contributed by atoms with E-state index in [-0.39, 0.29) is 17.3 Å². The zero-order chi connectivity index (χ0) is 26.6. The standard InChI is InChI=1S/C30H33FN6O/c1-19(21-12-13-37(18-21)17-20-6-4-3-5-7-20)8-11-27(38)24-15-34-30-29(24)36-26(16-35-30)28(32)23-10-9-22(31)14-25(23)33-2/h3-7,9-10,14-16,19,21,32-33H,8,11-13,17-18H2,1-2H3,(H,34,35). The molecule has 1 aliphatic heterocycles. The number of ketones is 1. The van der Waals surface area contributed by atoms with Crippen LogP contribution in [-0.2, 0) is 6.54 Å². The summed E-state index contributed by atoms with van der Waals surface area (Å²) in [6.07, 6.45) is 5.58. The highest BCUT2D eigenvalue weighted by Gasteiger charge is 2.27. The molecular formula is C30H33FN6O. The summed E-state index contributed by atoms with van der Waals surface area (Å²) >= 11 is 0. The minimum atomic E-state index is -0.387. The molecule has 1 aliphatic rings. The number of rotatable bonds is 10. The number of anilines is 1. The van der Waals surface area contributed by atoms with E-state index in [9.17, 15) is 9.18 Å². The number of hydrogen-bond donors (Lipinski definition) is 3. The molecule has 196 valence electrons. The van der Waals surface area contributed by atoms with Gasteiger partial charge < -0.3 is 10.3 Å². The number of nitrogens with one attached hydrogen (secondary N) is 3. The molecule has 2 aromatic carbocycles. The lowest BCUT2D eigenvalue weighted by atomic mass is 9.88. The Balaban J connectivity index is 1.24. The fraction of sp³-hybridized carbons (Fsp3) is 0.333. The van der Waals surface area contributed by atoms with Crippen LogP contribution in [-0.4, -0.2) is 51.5 Å². The SMILES string of the molecule is CNc1cc(F)ccc1C(=N)c1cnc2[nH]cc(C(=O)CCC(C)C3CCN(Cc4ccccc4)C3)c2n1. The van der Waals surface area contributed by atoms with Gasteiger partial charge in [0.05, 0.1) is 17.5 Å². The van der Waals surface area contributed by atoms with Gasteiger partial charge in [-0.05, 0) is 55.0 Å². The molecule has 38 heavy (non-hydrogen) atoms. The second kappa shape index (κ2) is 11.2. The molecule has 1 fully saturated rings. The summed E-state index contributed by atoms with van der Waals surface area (Å²) in [4.78, 5) is 27.8. The largest absolute Gasteiger partial charge is 0.387 e. The van der Waals surface area contributed by atoms with Crippen LogP contribution in [0.5, 0.6) is 0 Å². The summed E-state index contributed by atoms with van der Waals surface area (Å²) in [6, 6.07) is 14.8. The summed E-state index contributed by atoms with van der Waals surface area (Å²) < 4.78 is 13.7. The molecule has 3 N–H and O–H groups in total. The van der Waals surface area contributed by atoms with E-state index >= 15 is 0 Å². The second-order valence-corrected chi connectivity index (χ2v) is 10.2. The van der Waals surface area contributed by atoms with Gasteiger partial charge in [-0.25, -0.2) is 14.4 Å². The third kappa shape index (κ3) is 5.50. The maximum atomic E-state index is 13.7. The van der Waals surface area contributed by atoms with Crippen molar-refractivity contribution in [3.8, 4) is 0 Å². The number of carbonyl (C=O) groups is 1. The van der Waals surface area contributed by atoms with E-state index in [1.807, 2.05) is 6.07 Å². The molecule has 2 unspecified atom stereocenters. The van der Waals surface area contributed by atoms with Gasteiger partial charge in [-0.1, -0.05) is 37.3 Å². The molecule has 0 aliphatic carbocycles. The van der Waals surface area contributed by atoms with Gasteiger partial charge in [0.2, 0.25) is 0 Å². The molecule has 2 atom stereocenters. The molecule has 0 bridgehead atoms. The first kappa shape index (κ1) is 25.7. The first-order valence-corrected chi connectivity index (χ1v) is 13.1. The Morgan fingerprint density at radius 2 is 2.05 bits per heavy atom. The van der Waals surface area contributed by atoms with Crippen LogP contribution in [0.25, 0.3) is 11.2 Å². The Labute approximate surface area is 222 Å². The number of likely N-dealkylation sites (tertiary alicyclic amines) is 1. The topological polar surface area (TPSA) is 97.8 Å². The van der Waals surface area contributed by atoms with Crippen molar-refractivity contribution in [2.24, 2.45) is 11.8 Å². The maximum Gasteiger partial charge on any atom is 0.166 e. The number of nitrogens with zero attached hydrogens (tertiary/aromatic N) is 3. The molecule has 3 heterocycles. The molecular weight excluding hydrogens is 479 g/mol. The van der Waals surface area contributed by atoms with Crippen LogP contribution < -0.4 is 5.32 Å². The van der Waals surface area contributed by atoms with Crippen molar-refractivity contribution < 1.29 is 9.18 Å². The third-order valence-corrected chi connectivity index (χ3v) is 7.65. The van der Waals surface area contributed by atoms with E-state index < -0.39 is 0 Å². The Hall–Kier alpha value is -3.91. The van der Waals surface area contributed by atoms with Gasteiger partial charge in [0.15, 0.2) is 11.4 Å². The van der Waals surface area contributed by atoms with E-state index in [1.165, 1.54) is 23.9 Å². The van der Waals surface area contributed by atoms with Gasteiger partial charge >= 0.3 is 0 Å². The van der Waals surface area contributed by atoms with Gasteiger partial charge in [-0.15, -0.1) is 0 Å². The number of aromatic amines is 1. The van der Waals surface area contributed by atoms with Crippen molar-refractivity contribution >= 4 is 28.3 Å². The van der Waals surface area contributed by atoms with E-state index in [0.29, 0.717) is 51.9 Å². The minimum Gasteiger partial charge on any atom is -0.387 e. The summed E-state index contributed by atoms with van der Waals surface area (Å²) in [5, 5.41) is 11.6. The van der Waals surface area contributed by atoms with Crippen molar-refractivity contribution in [3.63, 3.8) is 0 Å². The van der Waals surface area contributed by atoms with E-state index in [1.54, 1.807) is 19.3 Å². The van der Waals surface area contributed by atoms with Crippen LogP contribution in [0.1, 0.15) is 53.4 Å². The number of Topliss-reactive ketones (excluding diaryl/α,β-unsaturated/α-hetero) is 1. The number of hydrogen-bond acceptors (Lipinski definition) is 6. The van der Waals surface area contributed by atoms with Crippen molar-refractivity contribution in [3.05, 3.63) is 89.1 Å². The molecule has 1 saturated heterocycles. The molecule has 7 nitrogen and oxygen atoms in total. The number of carbonyl (C=O) groups excluding carboxylic acids is 1. The van der Waals surface area contributed by atoms with E-state index in [2.05, 4.69) is 56.4 Å². The average molecular weight is 513 g/mol. The lowest BCUT2D eigenvalue weighted by Gasteiger charge is -2.20. The number of halogens is 1. The zero-order valence-electron chi connectivity index (χ0n) is 21.8. The zero-order valence-corrected chi connectivity index (χ0v) is 21.8. The number of aromatic nitrogens is 3. The highest BCUT2D eigenvalue weighted by molar-refractivity contribution is 6.14. The predicted molar refractivity (Wildman–Crippen MR) is 148 cm³/mol. The average Bonchev–Trinajstić information content (AvgIpc) is 3.58. The monoisotopic (exact) mass is 512 g/mol. The fourth-order valence-corrected chi connectivity index (χ4v) is 5.35. The second-order valence-electron chi connectivity index (χ2n) is 10.2. The molecule has 0 radical (unpaired) electrons. The van der Waals surface area contributed by atoms with Crippen molar-refractivity contribution in [2.75, 3.05) is 25.5 Å². The number of H-pyrrole nitrogens is 1. The maximum absolute atomic E-state index is 13.7. The Kier molecular flexibility index (Phi) is 7.60. The predicted octanol–water partition coefficient (Wildman–Crippen LogP) is 5.68. The Bertz CT molecular complexity index is 1450. The first-order chi connectivity index (χ1) is 18.4. The van der Waals surface area contributed by atoms with Crippen molar-refractivity contribution in [1.29, 1.82) is 5.41 Å². The van der Waals surface area contributed by atoms with Crippen LogP contribution in [0.15, 0.2) is 60.9 Å². The molecule has 0 spiro atoms. The van der Waals surface area contributed by atoms with Crippen LogP contribution in [0.2, 0.25) is 0 Å². The van der Waals surface area contributed by atoms with E-state index in [0.717, 1.165) is 32.5 Å². The molecule has 4 aromatic rings. The summed E-state index contributed by atoms with van der Waals surface area (Å²) in [5.41, 5.74) is 4.25. The molecule has 8 heteroatoms. The smallest absolute Gasteiger partial charge is 0.166 e. The highest BCUT2D eigenvalue weighted by Crippen LogP contribution is 2.29. The van der Waals surface area contributed by atoms with Crippen LogP contribution in [0.3, 0.4) is 0 Å². The van der Waals surface area contributed by atoms with Gasteiger partial charge in [0, 0.05) is 44.0 Å². The Morgan fingerprint density at radius 3 is 2.84 bits per heavy atom. The molecule has 0 amide bonds. The van der Waals surface area contributed by atoms with Crippen molar-refractivity contribution in [1.82, 2.24) is 19.9 Å². The minimum absolute atomic E-state index is 0.0258. The van der Waals surface area contributed by atoms with Crippen LogP contribution >= 0.6 is 0 Å². The lowest BCUT2D eigenvalue weighted by Crippen LogP contribution is -2.22. The molecule has 5 rings (SSSR count). The normalized spacial score (nSPS) is 16.6. The van der Waals surface area contributed by atoms with Crippen molar-refractivity contribution in [2.45, 2.75) is 32.7 Å². The number of fused-ring (bicyclic) bond motifs is 1. The third-order valence-electron chi connectivity index (χ3n) is 7.65. The molecule has 0 saturated carbocycles. The summed E-state index contributed by atoms with van der Waals surface area (Å²) in [5.74, 6) is 0.663. The van der Waals surface area contributed by atoms with Gasteiger partial charge in [0.25, 0.3) is 0 Å². The first-order valence-electron chi connectivity index (χ1n) is 13.1. The van der Waals surface area contributed by atoms with Gasteiger partial charge in [-0.3, -0.25) is 15.1 Å². The highest BCUT2D eigenvalue weighted by atomic mass is 19.1. The summed E-state index contributed by atoms with van der Waals surface area (Å²) in [6.45, 7) is 5.38. The van der Waals surface area contributed by atoms with Gasteiger partial charge in [-0.2, -0.15) is 0 Å². The lowest BCUT2D eigenvalue weighted by molar-refractivity contribution is 0.0971. The Morgan fingerprint density at radius 1 is 1.24 bits per heavy atom. The quantitative estimate of drug-likeness (QED) is 0.188. The summed E-state index contributed by atoms with van der Waals surface area (Å²) in [7, 11) is 1.68. The molecule has 2 aromatic heterocycles. The fourth-order valence-electron chi connectivity index (χ4n) is 5.35. The van der Waals surface area contributed by atoms with E-state index in [4.69, 9.17) is 5.41 Å². The number of benzene rings is 2. The van der Waals surface area contributed by atoms with Gasteiger partial charge in [0.1, 0.15) is 17.0 Å². The van der Waals surface area contributed by atoms with Crippen LogP contribution in [0, 0.1) is 23.1 Å². The van der Waals surface area contributed by atoms with Crippen LogP contribution in [0.4, 0.5) is 10.1 Å².